The third-order valence-corrected chi connectivity index (χ3v) is 4.78. The van der Waals surface area contributed by atoms with Crippen LogP contribution in [0.15, 0.2) is 23.5 Å². The highest BCUT2D eigenvalue weighted by atomic mass is 32.2. The Kier molecular flexibility index (Phi) is 4.99. The number of imidazole rings is 1. The number of hydrogen-bond donors (Lipinski definition) is 1. The fraction of sp³-hybridized carbons (Fsp3) is 0.474. The predicted octanol–water partition coefficient (Wildman–Crippen LogP) is 4.79. The molecule has 0 amide bonds. The molecule has 5 heteroatoms. The maximum Gasteiger partial charge on any atom is 0.166 e. The third-order valence-electron chi connectivity index (χ3n) is 3.89. The van der Waals surface area contributed by atoms with Gasteiger partial charge in [-0.05, 0) is 37.3 Å². The minimum absolute atomic E-state index is 0.144. The molecule has 1 aliphatic rings. The predicted molar refractivity (Wildman–Crippen MR) is 99.4 cm³/mol. The van der Waals surface area contributed by atoms with Crippen LogP contribution in [-0.4, -0.2) is 21.6 Å². The normalized spacial score (nSPS) is 13.8. The summed E-state index contributed by atoms with van der Waals surface area (Å²) in [6.07, 6.45) is 8.25. The molecule has 0 spiro atoms. The van der Waals surface area contributed by atoms with Crippen molar-refractivity contribution >= 4 is 17.8 Å². The summed E-state index contributed by atoms with van der Waals surface area (Å²) in [6.45, 7) is 9.30. The number of nitrogens with one attached hydrogen (secondary N) is 1. The summed E-state index contributed by atoms with van der Waals surface area (Å²) in [4.78, 5) is 12.6. The van der Waals surface area contributed by atoms with Crippen LogP contribution in [0.1, 0.15) is 49.8 Å². The maximum atomic E-state index is 5.98. The second-order valence-electron chi connectivity index (χ2n) is 7.37. The molecular weight excluding hydrogens is 318 g/mol. The van der Waals surface area contributed by atoms with Gasteiger partial charge < -0.3 is 9.72 Å². The highest BCUT2D eigenvalue weighted by molar-refractivity contribution is 7.98. The average Bonchev–Trinajstić information content (AvgIpc) is 2.95. The molecule has 2 aromatic heterocycles. The molecule has 0 aliphatic heterocycles. The van der Waals surface area contributed by atoms with Gasteiger partial charge in [-0.1, -0.05) is 38.6 Å². The lowest BCUT2D eigenvalue weighted by atomic mass is 9.99. The number of hydrogen-bond acceptors (Lipinski definition) is 4. The number of rotatable bonds is 5. The molecule has 0 atom stereocenters. The Morgan fingerprint density at radius 3 is 2.92 bits per heavy atom. The monoisotopic (exact) mass is 343 g/mol. The van der Waals surface area contributed by atoms with E-state index in [2.05, 4.69) is 54.8 Å². The van der Waals surface area contributed by atoms with Crippen molar-refractivity contribution in [2.75, 3.05) is 6.61 Å². The van der Waals surface area contributed by atoms with Gasteiger partial charge in [-0.3, -0.25) is 4.98 Å². The van der Waals surface area contributed by atoms with Crippen molar-refractivity contribution in [3.8, 4) is 5.75 Å². The summed E-state index contributed by atoms with van der Waals surface area (Å²) < 4.78 is 5.98. The van der Waals surface area contributed by atoms with E-state index >= 15 is 0 Å². The molecule has 128 valence electrons. The third kappa shape index (κ3) is 4.20. The van der Waals surface area contributed by atoms with E-state index in [1.54, 1.807) is 11.8 Å². The zero-order valence-electron chi connectivity index (χ0n) is 14.8. The lowest BCUT2D eigenvalue weighted by molar-refractivity contribution is 0.196. The molecule has 4 nitrogen and oxygen atoms in total. The molecule has 24 heavy (non-hydrogen) atoms. The number of H-pyrrole nitrogens is 1. The van der Waals surface area contributed by atoms with Gasteiger partial charge in [0.05, 0.1) is 18.0 Å². The summed E-state index contributed by atoms with van der Waals surface area (Å²) in [6, 6.07) is 1.95. The summed E-state index contributed by atoms with van der Waals surface area (Å²) in [5.74, 6) is 1.71. The number of aromatic amines is 1. The second kappa shape index (κ2) is 7.01. The number of pyridine rings is 1. The van der Waals surface area contributed by atoms with Gasteiger partial charge in [0.25, 0.3) is 0 Å². The molecule has 0 fully saturated rings. The molecule has 2 heterocycles. The molecule has 0 aromatic carbocycles. The molecule has 0 saturated carbocycles. The van der Waals surface area contributed by atoms with Crippen LogP contribution in [0.3, 0.4) is 0 Å². The summed E-state index contributed by atoms with van der Waals surface area (Å²) in [5.41, 5.74) is 4.63. The first-order chi connectivity index (χ1) is 11.4. The van der Waals surface area contributed by atoms with Gasteiger partial charge in [0, 0.05) is 23.2 Å². The van der Waals surface area contributed by atoms with Gasteiger partial charge in [0.2, 0.25) is 0 Å². The zero-order valence-corrected chi connectivity index (χ0v) is 15.7. The Morgan fingerprint density at radius 2 is 2.17 bits per heavy atom. The highest BCUT2D eigenvalue weighted by Crippen LogP contribution is 2.28. The van der Waals surface area contributed by atoms with Crippen LogP contribution >= 0.6 is 11.8 Å². The van der Waals surface area contributed by atoms with Crippen LogP contribution in [0.5, 0.6) is 5.75 Å². The minimum atomic E-state index is 0.144. The number of fused-ring (bicyclic) bond motifs is 1. The number of ether oxygens (including phenoxy) is 1. The van der Waals surface area contributed by atoms with Gasteiger partial charge in [-0.25, -0.2) is 4.98 Å². The highest BCUT2D eigenvalue weighted by Gasteiger charge is 2.15. The molecule has 0 unspecified atom stereocenters. The number of aryl methyl sites for hydroxylation is 1. The van der Waals surface area contributed by atoms with Crippen molar-refractivity contribution in [2.24, 2.45) is 5.41 Å². The SMILES string of the molecule is Cc1c(OCC(C)(C)C)ccnc1CSc1nc2c([nH]1)CCC=C2. The van der Waals surface area contributed by atoms with E-state index in [1.165, 1.54) is 5.69 Å². The fourth-order valence-corrected chi connectivity index (χ4v) is 3.43. The van der Waals surface area contributed by atoms with Gasteiger partial charge in [0.15, 0.2) is 5.16 Å². The smallest absolute Gasteiger partial charge is 0.166 e. The van der Waals surface area contributed by atoms with Crippen molar-refractivity contribution < 1.29 is 4.74 Å². The molecular formula is C19H25N3OS. The summed E-state index contributed by atoms with van der Waals surface area (Å²) in [5, 5.41) is 0.966. The lowest BCUT2D eigenvalue weighted by Gasteiger charge is -2.20. The Labute approximate surface area is 148 Å². The van der Waals surface area contributed by atoms with Crippen molar-refractivity contribution in [3.05, 3.63) is 41.0 Å². The van der Waals surface area contributed by atoms with E-state index in [9.17, 15) is 0 Å². The number of allylic oxidation sites excluding steroid dienone is 1. The summed E-state index contributed by atoms with van der Waals surface area (Å²) in [7, 11) is 0. The van der Waals surface area contributed by atoms with E-state index in [0.29, 0.717) is 6.61 Å². The average molecular weight is 343 g/mol. The Hall–Kier alpha value is -1.75. The zero-order chi connectivity index (χ0) is 17.2. The number of thioether (sulfide) groups is 1. The van der Waals surface area contributed by atoms with E-state index in [4.69, 9.17) is 4.74 Å². The van der Waals surface area contributed by atoms with Crippen molar-refractivity contribution in [3.63, 3.8) is 0 Å². The van der Waals surface area contributed by atoms with Gasteiger partial charge in [-0.15, -0.1) is 0 Å². The minimum Gasteiger partial charge on any atom is -0.493 e. The van der Waals surface area contributed by atoms with Crippen LogP contribution in [0.25, 0.3) is 6.08 Å². The van der Waals surface area contributed by atoms with Crippen molar-refractivity contribution in [1.29, 1.82) is 0 Å². The second-order valence-corrected chi connectivity index (χ2v) is 8.33. The Balaban J connectivity index is 1.67. The molecule has 0 saturated heterocycles. The Morgan fingerprint density at radius 1 is 1.33 bits per heavy atom. The van der Waals surface area contributed by atoms with E-state index < -0.39 is 0 Å². The number of aromatic nitrogens is 3. The lowest BCUT2D eigenvalue weighted by Crippen LogP contribution is -2.17. The standard InChI is InChI=1S/C19H25N3OS/c1-13-16(20-10-9-17(13)23-12-19(2,3)4)11-24-18-21-14-7-5-6-8-15(14)22-18/h5,7,9-10H,6,8,11-12H2,1-4H3,(H,21,22). The van der Waals surface area contributed by atoms with Crippen LogP contribution < -0.4 is 4.74 Å². The molecule has 2 aromatic rings. The Bertz CT molecular complexity index is 744. The van der Waals surface area contributed by atoms with Crippen LogP contribution in [0.4, 0.5) is 0 Å². The first-order valence-electron chi connectivity index (χ1n) is 8.38. The maximum absolute atomic E-state index is 5.98. The van der Waals surface area contributed by atoms with Gasteiger partial charge in [-0.2, -0.15) is 0 Å². The van der Waals surface area contributed by atoms with Crippen LogP contribution in [-0.2, 0) is 12.2 Å². The van der Waals surface area contributed by atoms with Gasteiger partial charge >= 0.3 is 0 Å². The molecule has 0 radical (unpaired) electrons. The largest absolute Gasteiger partial charge is 0.493 e. The van der Waals surface area contributed by atoms with Crippen LogP contribution in [0, 0.1) is 12.3 Å². The molecule has 0 bridgehead atoms. The molecule has 1 aliphatic carbocycles. The molecule has 1 N–H and O–H groups in total. The van der Waals surface area contributed by atoms with Gasteiger partial charge in [0.1, 0.15) is 5.75 Å². The first-order valence-corrected chi connectivity index (χ1v) is 9.36. The van der Waals surface area contributed by atoms with Crippen LogP contribution in [0.2, 0.25) is 0 Å². The van der Waals surface area contributed by atoms with E-state index in [1.807, 2.05) is 12.3 Å². The first kappa shape index (κ1) is 17.1. The van der Waals surface area contributed by atoms with E-state index in [-0.39, 0.29) is 5.41 Å². The summed E-state index contributed by atoms with van der Waals surface area (Å²) >= 11 is 1.69. The quantitative estimate of drug-likeness (QED) is 0.793. The number of nitrogens with zero attached hydrogens (tertiary/aromatic N) is 2. The molecule has 3 rings (SSSR count). The fourth-order valence-electron chi connectivity index (χ4n) is 2.51. The van der Waals surface area contributed by atoms with Crippen molar-refractivity contribution in [1.82, 2.24) is 15.0 Å². The van der Waals surface area contributed by atoms with Crippen molar-refractivity contribution in [2.45, 2.75) is 51.4 Å². The topological polar surface area (TPSA) is 50.8 Å². The van der Waals surface area contributed by atoms with E-state index in [0.717, 1.165) is 46.5 Å².